The quantitative estimate of drug-likeness (QED) is 0.516. The van der Waals surface area contributed by atoms with Gasteiger partial charge >= 0.3 is 0 Å². The minimum absolute atomic E-state index is 0.00884. The molecule has 4 rings (SSSR count). The van der Waals surface area contributed by atoms with Crippen molar-refractivity contribution < 1.29 is 14.4 Å². The summed E-state index contributed by atoms with van der Waals surface area (Å²) in [5.74, 6) is 0.114. The predicted octanol–water partition coefficient (Wildman–Crippen LogP) is 4.76. The summed E-state index contributed by atoms with van der Waals surface area (Å²) >= 11 is 3.02. The number of hydrogen-bond donors (Lipinski definition) is 1. The van der Waals surface area contributed by atoms with Crippen molar-refractivity contribution in [2.45, 2.75) is 61.6 Å². The topological polar surface area (TPSA) is 82.6 Å². The molecule has 1 aromatic carbocycles. The third-order valence-corrected chi connectivity index (χ3v) is 8.76. The zero-order valence-corrected chi connectivity index (χ0v) is 22.1. The fourth-order valence-electron chi connectivity index (χ4n) is 4.34. The Balaban J connectivity index is 1.52. The number of nitrogens with zero attached hydrogens (tertiary/aromatic N) is 3. The number of hydrogen-bond acceptors (Lipinski definition) is 6. The second kappa shape index (κ2) is 11.0. The Hall–Kier alpha value is -2.65. The first-order chi connectivity index (χ1) is 16.8. The van der Waals surface area contributed by atoms with Gasteiger partial charge in [0.25, 0.3) is 5.91 Å². The average Bonchev–Trinajstić information content (AvgIpc) is 3.64. The number of benzene rings is 1. The molecular formula is C26H32N4O3S2. The Morgan fingerprint density at radius 2 is 2.03 bits per heavy atom. The van der Waals surface area contributed by atoms with E-state index in [0.29, 0.717) is 30.3 Å². The summed E-state index contributed by atoms with van der Waals surface area (Å²) < 4.78 is 0.962. The molecule has 0 bridgehead atoms. The van der Waals surface area contributed by atoms with Crippen LogP contribution in [0, 0.1) is 12.8 Å². The average molecular weight is 513 g/mol. The van der Waals surface area contributed by atoms with E-state index in [1.165, 1.54) is 17.4 Å². The summed E-state index contributed by atoms with van der Waals surface area (Å²) in [5.41, 5.74) is 2.84. The van der Waals surface area contributed by atoms with Crippen LogP contribution in [0.2, 0.25) is 0 Å². The zero-order valence-electron chi connectivity index (χ0n) is 20.5. The third kappa shape index (κ3) is 5.78. The van der Waals surface area contributed by atoms with Crippen LogP contribution in [0.3, 0.4) is 0 Å². The summed E-state index contributed by atoms with van der Waals surface area (Å²) in [4.78, 5) is 46.9. The zero-order chi connectivity index (χ0) is 25.1. The van der Waals surface area contributed by atoms with E-state index in [2.05, 4.69) is 36.8 Å². The van der Waals surface area contributed by atoms with Crippen LogP contribution in [0.25, 0.3) is 0 Å². The minimum atomic E-state index is -0.0792. The Labute approximate surface area is 215 Å². The number of anilines is 1. The molecule has 0 spiro atoms. The molecule has 1 aliphatic carbocycles. The van der Waals surface area contributed by atoms with E-state index in [4.69, 9.17) is 0 Å². The lowest BCUT2D eigenvalue weighted by Crippen LogP contribution is -2.56. The van der Waals surface area contributed by atoms with Crippen molar-refractivity contribution in [2.75, 3.05) is 25.0 Å². The number of amides is 3. The van der Waals surface area contributed by atoms with Crippen molar-refractivity contribution in [1.29, 1.82) is 0 Å². The number of carbonyl (C=O) groups is 3. The van der Waals surface area contributed by atoms with E-state index >= 15 is 0 Å². The third-order valence-electron chi connectivity index (χ3n) is 6.58. The van der Waals surface area contributed by atoms with Gasteiger partial charge in [-0.2, -0.15) is 0 Å². The number of carbonyl (C=O) groups excluding carboxylic acids is 3. The van der Waals surface area contributed by atoms with Crippen molar-refractivity contribution in [3.8, 4) is 0 Å². The lowest BCUT2D eigenvalue weighted by atomic mass is 10.00. The Morgan fingerprint density at radius 3 is 2.69 bits per heavy atom. The fraction of sp³-hybridized carbons (Fsp3) is 0.462. The van der Waals surface area contributed by atoms with E-state index in [0.717, 1.165) is 45.9 Å². The van der Waals surface area contributed by atoms with Crippen LogP contribution >= 0.6 is 23.1 Å². The first-order valence-electron chi connectivity index (χ1n) is 12.1. The molecule has 1 aromatic heterocycles. The van der Waals surface area contributed by atoms with Crippen molar-refractivity contribution in [1.82, 2.24) is 14.8 Å². The van der Waals surface area contributed by atoms with Crippen molar-refractivity contribution in [3.63, 3.8) is 0 Å². The van der Waals surface area contributed by atoms with E-state index in [9.17, 15) is 14.4 Å². The molecule has 1 atom stereocenters. The van der Waals surface area contributed by atoms with Crippen LogP contribution < -0.4 is 5.32 Å². The van der Waals surface area contributed by atoms with E-state index in [-0.39, 0.29) is 29.7 Å². The van der Waals surface area contributed by atoms with Gasteiger partial charge in [0.1, 0.15) is 0 Å². The van der Waals surface area contributed by atoms with Gasteiger partial charge in [-0.05, 0) is 55.9 Å². The highest BCUT2D eigenvalue weighted by atomic mass is 32.2. The van der Waals surface area contributed by atoms with Gasteiger partial charge in [-0.3, -0.25) is 14.4 Å². The molecule has 2 aromatic rings. The monoisotopic (exact) mass is 512 g/mol. The highest BCUT2D eigenvalue weighted by Gasteiger charge is 2.32. The molecule has 1 aliphatic heterocycles. The fourth-order valence-corrected chi connectivity index (χ4v) is 6.29. The summed E-state index contributed by atoms with van der Waals surface area (Å²) in [6.45, 7) is 11.3. The second-order valence-corrected chi connectivity index (χ2v) is 11.4. The van der Waals surface area contributed by atoms with Crippen LogP contribution in [0.15, 0.2) is 40.1 Å². The number of piperazine rings is 1. The molecule has 7 nitrogen and oxygen atoms in total. The number of aromatic nitrogens is 1. The van der Waals surface area contributed by atoms with Gasteiger partial charge in [0.05, 0.1) is 10.4 Å². The Bertz CT molecular complexity index is 1140. The first-order valence-corrected chi connectivity index (χ1v) is 13.8. The van der Waals surface area contributed by atoms with Crippen LogP contribution in [0.1, 0.15) is 54.6 Å². The van der Waals surface area contributed by atoms with Gasteiger partial charge in [0.15, 0.2) is 5.13 Å². The lowest BCUT2D eigenvalue weighted by molar-refractivity contribution is -0.130. The number of aryl methyl sites for hydroxylation is 2. The molecule has 2 fully saturated rings. The van der Waals surface area contributed by atoms with E-state index in [1.54, 1.807) is 18.0 Å². The predicted molar refractivity (Wildman–Crippen MR) is 140 cm³/mol. The normalized spacial score (nSPS) is 17.9. The van der Waals surface area contributed by atoms with Gasteiger partial charge in [-0.25, -0.2) is 4.98 Å². The molecule has 1 saturated heterocycles. The summed E-state index contributed by atoms with van der Waals surface area (Å²) in [6, 6.07) is 4.08. The molecule has 35 heavy (non-hydrogen) atoms. The van der Waals surface area contributed by atoms with Crippen LogP contribution in [-0.4, -0.2) is 58.2 Å². The summed E-state index contributed by atoms with van der Waals surface area (Å²) in [5, 5.41) is 3.51. The highest BCUT2D eigenvalue weighted by Crippen LogP contribution is 2.38. The largest absolute Gasteiger partial charge is 0.335 e. The summed E-state index contributed by atoms with van der Waals surface area (Å²) in [7, 11) is 0. The molecule has 2 heterocycles. The second-order valence-electron chi connectivity index (χ2n) is 9.03. The molecule has 3 amide bonds. The maximum atomic E-state index is 13.6. The lowest BCUT2D eigenvalue weighted by Gasteiger charge is -2.41. The van der Waals surface area contributed by atoms with E-state index in [1.807, 2.05) is 22.8 Å². The van der Waals surface area contributed by atoms with Crippen LogP contribution in [-0.2, 0) is 16.0 Å². The molecule has 1 N–H and O–H groups in total. The van der Waals surface area contributed by atoms with E-state index < -0.39 is 0 Å². The van der Waals surface area contributed by atoms with Crippen molar-refractivity contribution in [3.05, 3.63) is 47.7 Å². The molecular weight excluding hydrogens is 480 g/mol. The molecule has 2 aliphatic rings. The first kappa shape index (κ1) is 25.4. The highest BCUT2D eigenvalue weighted by molar-refractivity contribution is 8.01. The number of thiazole rings is 1. The standard InChI is InChI=1S/C26H32N4O3S2/c1-5-17-12-16(4)21(34-23-14-27-26(35-23)28-24(32)18-8-9-18)13-20(17)25(33)29-10-11-30(22(31)7-3)19(6-2)15-29/h7,12-14,18-19H,3,5-6,8-11,15H2,1-2,4H3,(H,27,28,32)/t19-/m1/s1. The molecule has 0 unspecified atom stereocenters. The van der Waals surface area contributed by atoms with Crippen LogP contribution in [0.4, 0.5) is 5.13 Å². The molecule has 1 saturated carbocycles. The minimum Gasteiger partial charge on any atom is -0.335 e. The maximum Gasteiger partial charge on any atom is 0.254 e. The number of rotatable bonds is 8. The summed E-state index contributed by atoms with van der Waals surface area (Å²) in [6.07, 6.45) is 6.57. The van der Waals surface area contributed by atoms with Crippen molar-refractivity contribution in [2.24, 2.45) is 5.92 Å². The Morgan fingerprint density at radius 1 is 1.26 bits per heavy atom. The number of nitrogens with one attached hydrogen (secondary N) is 1. The van der Waals surface area contributed by atoms with Crippen molar-refractivity contribution >= 4 is 46.0 Å². The maximum absolute atomic E-state index is 13.6. The van der Waals surface area contributed by atoms with Gasteiger partial charge < -0.3 is 15.1 Å². The Kier molecular flexibility index (Phi) is 7.96. The van der Waals surface area contributed by atoms with Crippen LogP contribution in [0.5, 0.6) is 0 Å². The smallest absolute Gasteiger partial charge is 0.254 e. The van der Waals surface area contributed by atoms with Gasteiger partial charge in [-0.15, -0.1) is 0 Å². The van der Waals surface area contributed by atoms with Gasteiger partial charge in [0, 0.05) is 42.1 Å². The molecule has 0 radical (unpaired) electrons. The molecule has 9 heteroatoms. The van der Waals surface area contributed by atoms with Gasteiger partial charge in [0.2, 0.25) is 11.8 Å². The molecule has 186 valence electrons. The van der Waals surface area contributed by atoms with Gasteiger partial charge in [-0.1, -0.05) is 49.6 Å². The SMILES string of the molecule is C=CC(=O)N1CCN(C(=O)c2cc(Sc3cnc(NC(=O)C4CC4)s3)c(C)cc2CC)C[C@H]1CC.